The molecule has 0 fully saturated rings. The normalized spacial score (nSPS) is 13.4. The zero-order valence-corrected chi connectivity index (χ0v) is 11.9. The molecule has 0 aliphatic carbocycles. The second-order valence-electron chi connectivity index (χ2n) is 4.94. The first kappa shape index (κ1) is 14.4. The molecule has 20 heavy (non-hydrogen) atoms. The third kappa shape index (κ3) is 3.29. The van der Waals surface area contributed by atoms with Gasteiger partial charge in [0.1, 0.15) is 5.75 Å². The second kappa shape index (κ2) is 6.41. The van der Waals surface area contributed by atoms with Crippen molar-refractivity contribution in [1.82, 2.24) is 5.32 Å². The lowest BCUT2D eigenvalue weighted by atomic mass is 10.0. The first-order chi connectivity index (χ1) is 9.63. The third-order valence-corrected chi connectivity index (χ3v) is 3.58. The number of anilines is 1. The molecule has 5 heteroatoms. The minimum atomic E-state index is -0.202. The van der Waals surface area contributed by atoms with E-state index < -0.39 is 0 Å². The Morgan fingerprint density at radius 3 is 2.85 bits per heavy atom. The van der Waals surface area contributed by atoms with Crippen LogP contribution in [0.1, 0.15) is 37.0 Å². The Bertz CT molecular complexity index is 510. The van der Waals surface area contributed by atoms with Gasteiger partial charge in [0.25, 0.3) is 11.8 Å². The highest BCUT2D eigenvalue weighted by atomic mass is 16.5. The highest BCUT2D eigenvalue weighted by molar-refractivity contribution is 5.99. The van der Waals surface area contributed by atoms with Crippen molar-refractivity contribution in [3.05, 3.63) is 23.8 Å². The van der Waals surface area contributed by atoms with Gasteiger partial charge in [0.15, 0.2) is 6.61 Å². The van der Waals surface area contributed by atoms with E-state index in [1.54, 1.807) is 18.2 Å². The number of hydrogen-bond acceptors (Lipinski definition) is 3. The van der Waals surface area contributed by atoms with Gasteiger partial charge in [-0.3, -0.25) is 9.59 Å². The Morgan fingerprint density at radius 1 is 1.40 bits per heavy atom. The summed E-state index contributed by atoms with van der Waals surface area (Å²) >= 11 is 0. The van der Waals surface area contributed by atoms with E-state index in [2.05, 4.69) is 24.5 Å². The van der Waals surface area contributed by atoms with Gasteiger partial charge in [-0.15, -0.1) is 0 Å². The molecule has 108 valence electrons. The fraction of sp³-hybridized carbons (Fsp3) is 0.467. The highest BCUT2D eigenvalue weighted by Crippen LogP contribution is 2.28. The molecule has 0 unspecified atom stereocenters. The number of fused-ring (bicyclic) bond motifs is 1. The van der Waals surface area contributed by atoms with Crippen LogP contribution in [-0.4, -0.2) is 25.0 Å². The van der Waals surface area contributed by atoms with Crippen LogP contribution < -0.4 is 15.4 Å². The van der Waals surface area contributed by atoms with Crippen LogP contribution in [0.15, 0.2) is 18.2 Å². The van der Waals surface area contributed by atoms with E-state index in [1.165, 1.54) is 0 Å². The molecule has 0 atom stereocenters. The van der Waals surface area contributed by atoms with Gasteiger partial charge in [0.05, 0.1) is 5.69 Å². The molecule has 0 saturated carbocycles. The van der Waals surface area contributed by atoms with Crippen molar-refractivity contribution in [1.29, 1.82) is 0 Å². The minimum Gasteiger partial charge on any atom is -0.482 e. The van der Waals surface area contributed by atoms with Gasteiger partial charge in [-0.1, -0.05) is 26.7 Å². The first-order valence-corrected chi connectivity index (χ1v) is 6.99. The zero-order valence-electron chi connectivity index (χ0n) is 11.9. The monoisotopic (exact) mass is 276 g/mol. The average Bonchev–Trinajstić information content (AvgIpc) is 2.47. The van der Waals surface area contributed by atoms with E-state index in [1.807, 2.05) is 0 Å². The number of hydrogen-bond donors (Lipinski definition) is 2. The smallest absolute Gasteiger partial charge is 0.262 e. The average molecular weight is 276 g/mol. The largest absolute Gasteiger partial charge is 0.482 e. The van der Waals surface area contributed by atoms with Gasteiger partial charge in [-0.25, -0.2) is 0 Å². The number of ether oxygens (including phenoxy) is 1. The maximum Gasteiger partial charge on any atom is 0.262 e. The Balaban J connectivity index is 2.03. The molecule has 0 radical (unpaired) electrons. The lowest BCUT2D eigenvalue weighted by Crippen LogP contribution is -2.29. The van der Waals surface area contributed by atoms with E-state index in [0.717, 1.165) is 12.8 Å². The van der Waals surface area contributed by atoms with Gasteiger partial charge < -0.3 is 15.4 Å². The summed E-state index contributed by atoms with van der Waals surface area (Å²) in [7, 11) is 0. The maximum atomic E-state index is 12.1. The standard InChI is InChI=1S/C15H20N2O3/c1-3-10(4-2)8-16-15(19)11-5-6-13-12(7-11)17-14(18)9-20-13/h5-7,10H,3-4,8-9H2,1-2H3,(H,16,19)(H,17,18). The van der Waals surface area contributed by atoms with Crippen LogP contribution in [0, 0.1) is 5.92 Å². The lowest BCUT2D eigenvalue weighted by Gasteiger charge is -2.18. The molecule has 2 amide bonds. The summed E-state index contributed by atoms with van der Waals surface area (Å²) in [6.45, 7) is 4.93. The van der Waals surface area contributed by atoms with Crippen LogP contribution in [0.4, 0.5) is 5.69 Å². The van der Waals surface area contributed by atoms with Crippen molar-refractivity contribution in [2.75, 3.05) is 18.5 Å². The lowest BCUT2D eigenvalue weighted by molar-refractivity contribution is -0.118. The molecule has 2 rings (SSSR count). The van der Waals surface area contributed by atoms with Crippen LogP contribution >= 0.6 is 0 Å². The van der Waals surface area contributed by atoms with Crippen LogP contribution in [0.3, 0.4) is 0 Å². The fourth-order valence-electron chi connectivity index (χ4n) is 2.14. The number of carbonyl (C=O) groups excluding carboxylic acids is 2. The summed E-state index contributed by atoms with van der Waals surface area (Å²) in [6.07, 6.45) is 2.09. The molecule has 1 heterocycles. The minimum absolute atomic E-state index is 0.0211. The zero-order chi connectivity index (χ0) is 14.5. The molecule has 1 aliphatic rings. The van der Waals surface area contributed by atoms with Crippen LogP contribution in [-0.2, 0) is 4.79 Å². The number of amides is 2. The van der Waals surface area contributed by atoms with E-state index in [0.29, 0.717) is 29.5 Å². The van der Waals surface area contributed by atoms with Gasteiger partial charge in [-0.05, 0) is 24.1 Å². The SMILES string of the molecule is CCC(CC)CNC(=O)c1ccc2c(c1)NC(=O)CO2. The molecule has 0 spiro atoms. The number of benzene rings is 1. The maximum absolute atomic E-state index is 12.1. The van der Waals surface area contributed by atoms with Gasteiger partial charge in [0, 0.05) is 12.1 Å². The summed E-state index contributed by atoms with van der Waals surface area (Å²) in [5, 5.41) is 5.62. The number of nitrogens with one attached hydrogen (secondary N) is 2. The quantitative estimate of drug-likeness (QED) is 0.866. The predicted octanol–water partition coefficient (Wildman–Crippen LogP) is 2.18. The van der Waals surface area contributed by atoms with Crippen LogP contribution in [0.5, 0.6) is 5.75 Å². The first-order valence-electron chi connectivity index (χ1n) is 6.99. The van der Waals surface area contributed by atoms with Gasteiger partial charge >= 0.3 is 0 Å². The summed E-state index contributed by atoms with van der Waals surface area (Å²) in [5.74, 6) is 0.771. The van der Waals surface area contributed by atoms with Crippen molar-refractivity contribution in [3.8, 4) is 5.75 Å². The summed E-state index contributed by atoms with van der Waals surface area (Å²) in [5.41, 5.74) is 1.08. The van der Waals surface area contributed by atoms with E-state index in [9.17, 15) is 9.59 Å². The van der Waals surface area contributed by atoms with Crippen molar-refractivity contribution in [2.24, 2.45) is 5.92 Å². The molecular formula is C15H20N2O3. The van der Waals surface area contributed by atoms with Gasteiger partial charge in [-0.2, -0.15) is 0 Å². The molecule has 1 aromatic rings. The highest BCUT2D eigenvalue weighted by Gasteiger charge is 2.18. The molecule has 1 aliphatic heterocycles. The summed E-state index contributed by atoms with van der Waals surface area (Å²) in [6, 6.07) is 5.06. The summed E-state index contributed by atoms with van der Waals surface area (Å²) < 4.78 is 5.26. The van der Waals surface area contributed by atoms with Crippen LogP contribution in [0.25, 0.3) is 0 Å². The van der Waals surface area contributed by atoms with Gasteiger partial charge in [0.2, 0.25) is 0 Å². The van der Waals surface area contributed by atoms with E-state index in [4.69, 9.17) is 4.74 Å². The number of rotatable bonds is 5. The molecule has 2 N–H and O–H groups in total. The second-order valence-corrected chi connectivity index (χ2v) is 4.94. The topological polar surface area (TPSA) is 67.4 Å². The molecule has 5 nitrogen and oxygen atoms in total. The van der Waals surface area contributed by atoms with Crippen molar-refractivity contribution >= 4 is 17.5 Å². The Kier molecular flexibility index (Phi) is 4.61. The van der Waals surface area contributed by atoms with Crippen molar-refractivity contribution in [3.63, 3.8) is 0 Å². The molecule has 0 saturated heterocycles. The van der Waals surface area contributed by atoms with E-state index >= 15 is 0 Å². The Hall–Kier alpha value is -2.04. The number of carbonyl (C=O) groups is 2. The third-order valence-electron chi connectivity index (χ3n) is 3.58. The fourth-order valence-corrected chi connectivity index (χ4v) is 2.14. The van der Waals surface area contributed by atoms with E-state index in [-0.39, 0.29) is 18.4 Å². The van der Waals surface area contributed by atoms with Crippen molar-refractivity contribution in [2.45, 2.75) is 26.7 Å². The van der Waals surface area contributed by atoms with Crippen LogP contribution in [0.2, 0.25) is 0 Å². The predicted molar refractivity (Wildman–Crippen MR) is 77.0 cm³/mol. The molecular weight excluding hydrogens is 256 g/mol. The van der Waals surface area contributed by atoms with Crippen molar-refractivity contribution < 1.29 is 14.3 Å². The molecule has 0 bridgehead atoms. The molecule has 1 aromatic carbocycles. The molecule has 0 aromatic heterocycles. The Labute approximate surface area is 118 Å². The Morgan fingerprint density at radius 2 is 2.15 bits per heavy atom. The summed E-state index contributed by atoms with van der Waals surface area (Å²) in [4.78, 5) is 23.3.